The number of aryl methyl sites for hydroxylation is 2. The van der Waals surface area contributed by atoms with Crippen molar-refractivity contribution in [3.8, 4) is 0 Å². The van der Waals surface area contributed by atoms with Gasteiger partial charge in [-0.25, -0.2) is 4.99 Å². The van der Waals surface area contributed by atoms with E-state index in [4.69, 9.17) is 8.94 Å². The minimum atomic E-state index is -1.11. The van der Waals surface area contributed by atoms with Crippen LogP contribution in [0, 0.1) is 13.8 Å². The summed E-state index contributed by atoms with van der Waals surface area (Å²) in [4.78, 5) is 8.87. The van der Waals surface area contributed by atoms with Crippen molar-refractivity contribution in [2.75, 3.05) is 19.6 Å². The second-order valence-corrected chi connectivity index (χ2v) is 7.17. The number of aliphatic imine (C=N–C) groups is 1. The second kappa shape index (κ2) is 9.03. The maximum Gasteiger partial charge on any atom is 0.228 e. The van der Waals surface area contributed by atoms with E-state index in [9.17, 15) is 5.11 Å². The molecule has 0 aliphatic heterocycles. The van der Waals surface area contributed by atoms with Gasteiger partial charge < -0.3 is 24.7 Å². The molecule has 2 rings (SSSR count). The lowest BCUT2D eigenvalue weighted by Gasteiger charge is -2.21. The van der Waals surface area contributed by atoms with Gasteiger partial charge in [0.15, 0.2) is 11.8 Å². The van der Waals surface area contributed by atoms with Gasteiger partial charge in [0.1, 0.15) is 17.1 Å². The molecule has 1 unspecified atom stereocenters. The van der Waals surface area contributed by atoms with Crippen LogP contribution in [0.1, 0.15) is 62.4 Å². The van der Waals surface area contributed by atoms with Gasteiger partial charge >= 0.3 is 0 Å². The Kier molecular flexibility index (Phi) is 7.01. The Morgan fingerprint density at radius 3 is 2.63 bits per heavy atom. The molecule has 0 radical (unpaired) electrons. The molecule has 0 fully saturated rings. The Bertz CT molecular complexity index is 761. The van der Waals surface area contributed by atoms with Crippen LogP contribution in [0.5, 0.6) is 0 Å². The highest BCUT2D eigenvalue weighted by Crippen LogP contribution is 2.27. The molecule has 0 saturated heterocycles. The van der Waals surface area contributed by atoms with Crippen molar-refractivity contribution in [2.45, 2.75) is 59.5 Å². The fraction of sp³-hybridized carbons (Fsp3) is 0.632. The smallest absolute Gasteiger partial charge is 0.228 e. The quantitative estimate of drug-likeness (QED) is 0.479. The van der Waals surface area contributed by atoms with Crippen molar-refractivity contribution in [1.82, 2.24) is 20.8 Å². The van der Waals surface area contributed by atoms with E-state index in [1.165, 1.54) is 0 Å². The second-order valence-electron chi connectivity index (χ2n) is 7.17. The molecule has 8 nitrogen and oxygen atoms in total. The number of hydrogen-bond acceptors (Lipinski definition) is 6. The molecule has 1 atom stereocenters. The van der Waals surface area contributed by atoms with E-state index in [0.717, 1.165) is 17.9 Å². The van der Waals surface area contributed by atoms with E-state index in [0.29, 0.717) is 36.4 Å². The number of rotatable bonds is 8. The zero-order chi connectivity index (χ0) is 20.0. The third kappa shape index (κ3) is 5.82. The Balaban J connectivity index is 1.95. The van der Waals surface area contributed by atoms with Gasteiger partial charge in [-0.2, -0.15) is 4.98 Å². The summed E-state index contributed by atoms with van der Waals surface area (Å²) < 4.78 is 10.8. The van der Waals surface area contributed by atoms with Gasteiger partial charge in [-0.1, -0.05) is 19.0 Å². The van der Waals surface area contributed by atoms with Crippen LogP contribution in [0.2, 0.25) is 0 Å². The van der Waals surface area contributed by atoms with E-state index in [1.807, 2.05) is 40.7 Å². The molecule has 0 aromatic carbocycles. The number of hydrogen-bond donors (Lipinski definition) is 3. The number of aliphatic hydroxyl groups is 1. The topological polar surface area (TPSA) is 109 Å². The molecule has 150 valence electrons. The number of guanidine groups is 1. The Morgan fingerprint density at radius 1 is 1.33 bits per heavy atom. The lowest BCUT2D eigenvalue weighted by Crippen LogP contribution is -2.39. The highest BCUT2D eigenvalue weighted by atomic mass is 16.5. The highest BCUT2D eigenvalue weighted by Gasteiger charge is 2.27. The number of nitrogens with zero attached hydrogens (tertiary/aromatic N) is 3. The fourth-order valence-corrected chi connectivity index (χ4v) is 2.72. The number of nitrogens with one attached hydrogen (secondary N) is 2. The van der Waals surface area contributed by atoms with Crippen molar-refractivity contribution in [3.05, 3.63) is 34.9 Å². The number of furan rings is 1. The van der Waals surface area contributed by atoms with E-state index < -0.39 is 5.60 Å². The van der Waals surface area contributed by atoms with Crippen LogP contribution in [0.25, 0.3) is 0 Å². The average molecular weight is 377 g/mol. The van der Waals surface area contributed by atoms with Gasteiger partial charge in [-0.3, -0.25) is 0 Å². The van der Waals surface area contributed by atoms with Crippen molar-refractivity contribution >= 4 is 5.96 Å². The zero-order valence-electron chi connectivity index (χ0n) is 17.1. The van der Waals surface area contributed by atoms with Gasteiger partial charge in [-0.05, 0) is 33.8 Å². The zero-order valence-corrected chi connectivity index (χ0v) is 17.1. The summed E-state index contributed by atoms with van der Waals surface area (Å²) >= 11 is 0. The number of aromatic nitrogens is 2. The molecule has 2 aromatic heterocycles. The van der Waals surface area contributed by atoms with Gasteiger partial charge in [0.25, 0.3) is 0 Å². The minimum absolute atomic E-state index is 0.209. The van der Waals surface area contributed by atoms with Gasteiger partial charge in [0.05, 0.1) is 6.54 Å². The van der Waals surface area contributed by atoms with Crippen LogP contribution in [-0.4, -0.2) is 40.8 Å². The third-order valence-electron chi connectivity index (χ3n) is 4.14. The van der Waals surface area contributed by atoms with Crippen LogP contribution in [0.3, 0.4) is 0 Å². The molecule has 2 heterocycles. The predicted octanol–water partition coefficient (Wildman–Crippen LogP) is 2.41. The molecule has 0 aliphatic carbocycles. The molecule has 2 aromatic rings. The summed E-state index contributed by atoms with van der Waals surface area (Å²) in [5, 5.41) is 21.2. The summed E-state index contributed by atoms with van der Waals surface area (Å²) in [5.74, 6) is 3.66. The molecule has 0 spiro atoms. The molecular formula is C19H31N5O3. The SMILES string of the molecule is CCNC(=NCC(C)(O)c1cc(C)oc1C)NCCc1nc(C(C)C)no1. The summed E-state index contributed by atoms with van der Waals surface area (Å²) in [6.45, 7) is 13.0. The van der Waals surface area contributed by atoms with Crippen molar-refractivity contribution < 1.29 is 14.0 Å². The molecule has 27 heavy (non-hydrogen) atoms. The maximum atomic E-state index is 10.8. The predicted molar refractivity (Wildman–Crippen MR) is 104 cm³/mol. The molecule has 0 saturated carbocycles. The lowest BCUT2D eigenvalue weighted by atomic mass is 9.96. The van der Waals surface area contributed by atoms with Gasteiger partial charge in [0.2, 0.25) is 5.89 Å². The molecule has 0 aliphatic rings. The third-order valence-corrected chi connectivity index (χ3v) is 4.14. The maximum absolute atomic E-state index is 10.8. The van der Waals surface area contributed by atoms with E-state index >= 15 is 0 Å². The van der Waals surface area contributed by atoms with Gasteiger partial charge in [-0.15, -0.1) is 0 Å². The monoisotopic (exact) mass is 377 g/mol. The summed E-state index contributed by atoms with van der Waals surface area (Å²) in [6, 6.07) is 1.85. The van der Waals surface area contributed by atoms with Crippen molar-refractivity contribution in [1.29, 1.82) is 0 Å². The Morgan fingerprint density at radius 2 is 2.07 bits per heavy atom. The summed E-state index contributed by atoms with van der Waals surface area (Å²) in [5.41, 5.74) is -0.352. The Hall–Kier alpha value is -2.35. The van der Waals surface area contributed by atoms with Crippen LogP contribution in [0.15, 0.2) is 20.0 Å². The van der Waals surface area contributed by atoms with Crippen molar-refractivity contribution in [3.63, 3.8) is 0 Å². The molecule has 8 heteroatoms. The van der Waals surface area contributed by atoms with Crippen molar-refractivity contribution in [2.24, 2.45) is 4.99 Å². The largest absolute Gasteiger partial charge is 0.466 e. The molecule has 3 N–H and O–H groups in total. The van der Waals surface area contributed by atoms with Crippen LogP contribution in [0.4, 0.5) is 0 Å². The van der Waals surface area contributed by atoms with Crippen LogP contribution >= 0.6 is 0 Å². The standard InChI is InChI=1S/C19H31N5O3/c1-7-20-18(21-9-8-16-23-17(12(2)3)24-27-16)22-11-19(6,25)15-10-13(4)26-14(15)5/h10,12,25H,7-9,11H2,1-6H3,(H2,20,21,22). The van der Waals surface area contributed by atoms with E-state index in [2.05, 4.69) is 25.8 Å². The summed E-state index contributed by atoms with van der Waals surface area (Å²) in [6.07, 6.45) is 0.598. The van der Waals surface area contributed by atoms with E-state index in [-0.39, 0.29) is 12.5 Å². The molecular weight excluding hydrogens is 346 g/mol. The Labute approximate surface area is 160 Å². The highest BCUT2D eigenvalue weighted by molar-refractivity contribution is 5.79. The molecule has 0 bridgehead atoms. The first kappa shape index (κ1) is 21.0. The molecule has 0 amide bonds. The van der Waals surface area contributed by atoms with Gasteiger partial charge in [0, 0.05) is 31.0 Å². The van der Waals surface area contributed by atoms with Crippen LogP contribution in [-0.2, 0) is 12.0 Å². The first-order valence-electron chi connectivity index (χ1n) is 9.37. The first-order chi connectivity index (χ1) is 12.7. The first-order valence-corrected chi connectivity index (χ1v) is 9.37. The normalized spacial score (nSPS) is 14.4. The van der Waals surface area contributed by atoms with E-state index in [1.54, 1.807) is 6.92 Å². The lowest BCUT2D eigenvalue weighted by molar-refractivity contribution is 0.0657. The summed E-state index contributed by atoms with van der Waals surface area (Å²) in [7, 11) is 0. The van der Waals surface area contributed by atoms with Crippen LogP contribution < -0.4 is 10.6 Å². The fourth-order valence-electron chi connectivity index (χ4n) is 2.72. The minimum Gasteiger partial charge on any atom is -0.466 e. The average Bonchev–Trinajstić information content (AvgIpc) is 3.19.